The van der Waals surface area contributed by atoms with Crippen LogP contribution >= 0.6 is 11.3 Å². The minimum Gasteiger partial charge on any atom is -0.384 e. The summed E-state index contributed by atoms with van der Waals surface area (Å²) >= 11 is 1.83. The van der Waals surface area contributed by atoms with Crippen LogP contribution in [0, 0.1) is 11.3 Å². The normalized spacial score (nSPS) is 18.9. The number of carbonyl (C=O) groups excluding carboxylic acids is 2. The molecule has 0 aliphatic carbocycles. The van der Waals surface area contributed by atoms with Crippen LogP contribution in [0.3, 0.4) is 0 Å². The van der Waals surface area contributed by atoms with Gasteiger partial charge in [-0.2, -0.15) is 0 Å². The molecular formula is C26H31N5O2S. The van der Waals surface area contributed by atoms with Crippen molar-refractivity contribution in [2.75, 3.05) is 6.54 Å². The van der Waals surface area contributed by atoms with Gasteiger partial charge in [0.15, 0.2) is 0 Å². The van der Waals surface area contributed by atoms with E-state index < -0.39 is 6.04 Å². The number of amides is 2. The summed E-state index contributed by atoms with van der Waals surface area (Å²) < 4.78 is 1.30. The van der Waals surface area contributed by atoms with Gasteiger partial charge in [0.05, 0.1) is 6.04 Å². The molecule has 2 amide bonds. The number of nitrogen functional groups attached to an aromatic ring is 1. The van der Waals surface area contributed by atoms with Crippen LogP contribution in [0.1, 0.15) is 35.8 Å². The molecule has 1 aliphatic rings. The first kappa shape index (κ1) is 23.9. The summed E-state index contributed by atoms with van der Waals surface area (Å²) in [4.78, 5) is 26.7. The van der Waals surface area contributed by atoms with Gasteiger partial charge in [0.2, 0.25) is 11.8 Å². The van der Waals surface area contributed by atoms with Crippen molar-refractivity contribution in [3.63, 3.8) is 0 Å². The molecule has 0 radical (unpaired) electrons. The summed E-state index contributed by atoms with van der Waals surface area (Å²) in [6.45, 7) is 2.84. The molecule has 2 aromatic carbocycles. The molecule has 3 atom stereocenters. The average molecular weight is 478 g/mol. The highest BCUT2D eigenvalue weighted by atomic mass is 32.1. The Morgan fingerprint density at radius 2 is 1.97 bits per heavy atom. The van der Waals surface area contributed by atoms with Crippen molar-refractivity contribution in [1.82, 2.24) is 16.0 Å². The van der Waals surface area contributed by atoms with Crippen LogP contribution in [0.4, 0.5) is 0 Å². The van der Waals surface area contributed by atoms with Gasteiger partial charge in [-0.15, -0.1) is 11.3 Å². The monoisotopic (exact) mass is 477 g/mol. The fourth-order valence-electron chi connectivity index (χ4n) is 4.33. The Bertz CT molecular complexity index is 1140. The predicted molar refractivity (Wildman–Crippen MR) is 137 cm³/mol. The second kappa shape index (κ2) is 10.8. The lowest BCUT2D eigenvalue weighted by Gasteiger charge is -2.30. The molecule has 1 saturated heterocycles. The van der Waals surface area contributed by atoms with Gasteiger partial charge in [0, 0.05) is 21.7 Å². The van der Waals surface area contributed by atoms with Crippen molar-refractivity contribution in [3.05, 3.63) is 70.6 Å². The highest BCUT2D eigenvalue weighted by molar-refractivity contribution is 7.19. The zero-order valence-corrected chi connectivity index (χ0v) is 20.1. The van der Waals surface area contributed by atoms with Gasteiger partial charge < -0.3 is 21.7 Å². The number of nitrogens with one attached hydrogen (secondary N) is 4. The lowest BCUT2D eigenvalue weighted by molar-refractivity contribution is -0.130. The fourth-order valence-corrected chi connectivity index (χ4v) is 5.51. The van der Waals surface area contributed by atoms with E-state index in [0.29, 0.717) is 18.0 Å². The third-order valence-corrected chi connectivity index (χ3v) is 7.42. The Labute approximate surface area is 203 Å². The number of hydrogen-bond acceptors (Lipinski definition) is 5. The van der Waals surface area contributed by atoms with Gasteiger partial charge in [-0.05, 0) is 61.7 Å². The summed E-state index contributed by atoms with van der Waals surface area (Å²) in [5.74, 6) is 0.0811. The van der Waals surface area contributed by atoms with Crippen molar-refractivity contribution >= 4 is 39.1 Å². The molecule has 34 heavy (non-hydrogen) atoms. The second-order valence-electron chi connectivity index (χ2n) is 8.91. The highest BCUT2D eigenvalue weighted by Gasteiger charge is 2.29. The number of fused-ring (bicyclic) bond motifs is 1. The quantitative estimate of drug-likeness (QED) is 0.253. The van der Waals surface area contributed by atoms with E-state index >= 15 is 0 Å². The van der Waals surface area contributed by atoms with Gasteiger partial charge in [-0.25, -0.2) is 0 Å². The van der Waals surface area contributed by atoms with Crippen molar-refractivity contribution < 1.29 is 9.59 Å². The summed E-state index contributed by atoms with van der Waals surface area (Å²) in [6.07, 6.45) is 2.77. The van der Waals surface area contributed by atoms with Gasteiger partial charge in [0.25, 0.3) is 0 Å². The first-order valence-electron chi connectivity index (χ1n) is 11.6. The molecule has 0 unspecified atom stereocenters. The molecule has 7 nitrogen and oxygen atoms in total. The molecule has 2 heterocycles. The molecule has 0 saturated carbocycles. The lowest BCUT2D eigenvalue weighted by atomic mass is 9.88. The van der Waals surface area contributed by atoms with E-state index in [1.807, 2.05) is 23.5 Å². The maximum atomic E-state index is 12.8. The number of amidine groups is 1. The third-order valence-electron chi connectivity index (χ3n) is 6.28. The highest BCUT2D eigenvalue weighted by Crippen LogP contribution is 2.30. The van der Waals surface area contributed by atoms with Gasteiger partial charge in [-0.1, -0.05) is 42.5 Å². The Morgan fingerprint density at radius 1 is 1.21 bits per heavy atom. The molecular weight excluding hydrogens is 446 g/mol. The first-order valence-corrected chi connectivity index (χ1v) is 12.4. The Morgan fingerprint density at radius 3 is 2.71 bits per heavy atom. The number of thiophene rings is 1. The molecule has 8 heteroatoms. The van der Waals surface area contributed by atoms with Crippen molar-refractivity contribution in [1.29, 1.82) is 5.41 Å². The van der Waals surface area contributed by atoms with E-state index in [-0.39, 0.29) is 23.7 Å². The number of hydrogen-bond donors (Lipinski definition) is 5. The van der Waals surface area contributed by atoms with E-state index in [1.165, 1.54) is 15.0 Å². The van der Waals surface area contributed by atoms with E-state index in [0.717, 1.165) is 31.4 Å². The number of benzene rings is 2. The summed E-state index contributed by atoms with van der Waals surface area (Å²) in [5.41, 5.74) is 7.00. The zero-order chi connectivity index (χ0) is 24.1. The molecule has 1 fully saturated rings. The smallest absolute Gasteiger partial charge is 0.242 e. The molecule has 178 valence electrons. The predicted octanol–water partition coefficient (Wildman–Crippen LogP) is 2.92. The lowest BCUT2D eigenvalue weighted by Crippen LogP contribution is -2.53. The van der Waals surface area contributed by atoms with E-state index in [4.69, 9.17) is 11.1 Å². The Balaban J connectivity index is 1.25. The molecule has 1 aliphatic heterocycles. The Hall–Kier alpha value is -3.23. The molecule has 0 spiro atoms. The van der Waals surface area contributed by atoms with E-state index in [1.54, 1.807) is 19.1 Å². The largest absolute Gasteiger partial charge is 0.384 e. The molecule has 3 aromatic rings. The maximum absolute atomic E-state index is 12.8. The van der Waals surface area contributed by atoms with Crippen LogP contribution in [0.25, 0.3) is 10.1 Å². The number of rotatable bonds is 8. The summed E-state index contributed by atoms with van der Waals surface area (Å²) in [7, 11) is 0. The minimum atomic E-state index is -0.631. The van der Waals surface area contributed by atoms with Crippen LogP contribution in [0.2, 0.25) is 0 Å². The van der Waals surface area contributed by atoms with Crippen LogP contribution in [-0.2, 0) is 22.6 Å². The van der Waals surface area contributed by atoms with Crippen molar-refractivity contribution in [2.24, 2.45) is 11.7 Å². The standard InChI is InChI=1S/C26H31N5O2S/c1-16(25(32)30-15-17-6-8-19(9-7-17)24(27)28)31-26(33)22-13-18(10-11-29-22)12-21-14-20-4-2-3-5-23(20)34-21/h2-9,14,16,18,22,29H,10-13,15H2,1H3,(H3,27,28)(H,30,32)(H,31,33)/t16-,18+,22+/m0/s1. The van der Waals surface area contributed by atoms with Gasteiger partial charge in [-0.3, -0.25) is 15.0 Å². The zero-order valence-electron chi connectivity index (χ0n) is 19.3. The minimum absolute atomic E-state index is 0.00861. The van der Waals surface area contributed by atoms with Crippen LogP contribution in [-0.4, -0.2) is 36.3 Å². The number of piperidine rings is 1. The van der Waals surface area contributed by atoms with Gasteiger partial charge >= 0.3 is 0 Å². The van der Waals surface area contributed by atoms with Crippen molar-refractivity contribution in [2.45, 2.75) is 44.8 Å². The molecule has 1 aromatic heterocycles. The molecule has 4 rings (SSSR count). The van der Waals surface area contributed by atoms with Crippen LogP contribution < -0.4 is 21.7 Å². The molecule has 0 bridgehead atoms. The second-order valence-corrected chi connectivity index (χ2v) is 10.1. The maximum Gasteiger partial charge on any atom is 0.242 e. The summed E-state index contributed by atoms with van der Waals surface area (Å²) in [6, 6.07) is 16.9. The first-order chi connectivity index (χ1) is 16.4. The van der Waals surface area contributed by atoms with Crippen LogP contribution in [0.15, 0.2) is 54.6 Å². The van der Waals surface area contributed by atoms with E-state index in [9.17, 15) is 9.59 Å². The SMILES string of the molecule is C[C@H](NC(=O)[C@H]1C[C@@H](Cc2cc3ccccc3s2)CCN1)C(=O)NCc1ccc(C(=N)N)cc1. The topological polar surface area (TPSA) is 120 Å². The number of nitrogens with two attached hydrogens (primary N) is 1. The average Bonchev–Trinajstić information content (AvgIpc) is 3.25. The Kier molecular flexibility index (Phi) is 7.59. The third kappa shape index (κ3) is 6.01. The van der Waals surface area contributed by atoms with Crippen molar-refractivity contribution in [3.8, 4) is 0 Å². The summed E-state index contributed by atoms with van der Waals surface area (Å²) in [5, 5.41) is 17.7. The van der Waals surface area contributed by atoms with Crippen LogP contribution in [0.5, 0.6) is 0 Å². The number of carbonyl (C=O) groups is 2. The molecule has 6 N–H and O–H groups in total. The fraction of sp³-hybridized carbons (Fsp3) is 0.346. The van der Waals surface area contributed by atoms with Gasteiger partial charge in [0.1, 0.15) is 11.9 Å². The van der Waals surface area contributed by atoms with E-state index in [2.05, 4.69) is 46.3 Å².